The molecule has 1 aliphatic rings. The van der Waals surface area contributed by atoms with Crippen molar-refractivity contribution in [2.24, 2.45) is 0 Å². The average molecular weight is 292 g/mol. The van der Waals surface area contributed by atoms with Gasteiger partial charge in [-0.1, -0.05) is 11.8 Å². The van der Waals surface area contributed by atoms with E-state index in [9.17, 15) is 0 Å². The molecule has 1 atom stereocenters. The van der Waals surface area contributed by atoms with E-state index in [1.54, 1.807) is 23.6 Å². The summed E-state index contributed by atoms with van der Waals surface area (Å²) >= 11 is 1.63. The zero-order chi connectivity index (χ0) is 13.8. The predicted molar refractivity (Wildman–Crippen MR) is 75.4 cm³/mol. The Bertz CT molecular complexity index is 552. The van der Waals surface area contributed by atoms with Crippen LogP contribution < -0.4 is 4.74 Å². The lowest BCUT2D eigenvalue weighted by atomic mass is 10.3. The van der Waals surface area contributed by atoms with E-state index in [4.69, 9.17) is 9.47 Å². The highest BCUT2D eigenvalue weighted by atomic mass is 32.2. The molecule has 0 saturated carbocycles. The predicted octanol–water partition coefficient (Wildman–Crippen LogP) is 1.94. The van der Waals surface area contributed by atoms with E-state index in [1.807, 2.05) is 24.3 Å². The smallest absolute Gasteiger partial charge is 0.214 e. The van der Waals surface area contributed by atoms with Gasteiger partial charge in [0.1, 0.15) is 5.75 Å². The molecule has 1 aromatic carbocycles. The molecule has 1 aliphatic heterocycles. The standard InChI is InChI=1S/C13H16N4O2S/c1-18-11-6-4-10(5-7-11)17-13(14-15-16-17)20-9-12-3-2-8-19-12/h4-7,12H,2-3,8-9H2,1H3. The minimum Gasteiger partial charge on any atom is -0.497 e. The zero-order valence-corrected chi connectivity index (χ0v) is 12.0. The molecule has 2 aromatic rings. The number of hydrogen-bond acceptors (Lipinski definition) is 6. The highest BCUT2D eigenvalue weighted by Gasteiger charge is 2.18. The van der Waals surface area contributed by atoms with Gasteiger partial charge < -0.3 is 9.47 Å². The van der Waals surface area contributed by atoms with Gasteiger partial charge in [0.25, 0.3) is 0 Å². The summed E-state index contributed by atoms with van der Waals surface area (Å²) in [5.74, 6) is 1.70. The lowest BCUT2D eigenvalue weighted by Crippen LogP contribution is -2.09. The molecule has 0 N–H and O–H groups in total. The average Bonchev–Trinajstić information content (AvgIpc) is 3.16. The van der Waals surface area contributed by atoms with Crippen molar-refractivity contribution in [1.82, 2.24) is 20.2 Å². The molecular formula is C13H16N4O2S. The normalized spacial score (nSPS) is 18.4. The summed E-state index contributed by atoms with van der Waals surface area (Å²) in [6.45, 7) is 0.870. The van der Waals surface area contributed by atoms with Gasteiger partial charge >= 0.3 is 0 Å². The molecule has 0 aliphatic carbocycles. The van der Waals surface area contributed by atoms with E-state index in [1.165, 1.54) is 0 Å². The van der Waals surface area contributed by atoms with Crippen molar-refractivity contribution in [3.63, 3.8) is 0 Å². The number of methoxy groups -OCH3 is 1. The van der Waals surface area contributed by atoms with Crippen LogP contribution in [0.5, 0.6) is 5.75 Å². The molecule has 3 rings (SSSR count). The molecular weight excluding hydrogens is 276 g/mol. The topological polar surface area (TPSA) is 62.1 Å². The summed E-state index contributed by atoms with van der Waals surface area (Å²) in [5, 5.41) is 12.7. The first-order valence-electron chi connectivity index (χ1n) is 6.54. The Hall–Kier alpha value is -1.60. The van der Waals surface area contributed by atoms with Gasteiger partial charge in [0.2, 0.25) is 5.16 Å². The highest BCUT2D eigenvalue weighted by Crippen LogP contribution is 2.24. The number of benzene rings is 1. The number of tetrazole rings is 1. The molecule has 6 nitrogen and oxygen atoms in total. The van der Waals surface area contributed by atoms with Gasteiger partial charge in [-0.2, -0.15) is 4.68 Å². The number of rotatable bonds is 5. The second kappa shape index (κ2) is 6.23. The fourth-order valence-corrected chi connectivity index (χ4v) is 3.05. The Morgan fingerprint density at radius 1 is 1.40 bits per heavy atom. The molecule has 20 heavy (non-hydrogen) atoms. The van der Waals surface area contributed by atoms with Crippen LogP contribution in [-0.2, 0) is 4.74 Å². The third-order valence-electron chi connectivity index (χ3n) is 3.18. The summed E-state index contributed by atoms with van der Waals surface area (Å²) < 4.78 is 12.5. The largest absolute Gasteiger partial charge is 0.497 e. The molecule has 1 fully saturated rings. The van der Waals surface area contributed by atoms with Gasteiger partial charge in [0.05, 0.1) is 18.9 Å². The number of aromatic nitrogens is 4. The summed E-state index contributed by atoms with van der Waals surface area (Å²) in [7, 11) is 1.65. The van der Waals surface area contributed by atoms with Crippen LogP contribution in [0.2, 0.25) is 0 Å². The Balaban J connectivity index is 1.71. The van der Waals surface area contributed by atoms with Crippen molar-refractivity contribution in [3.05, 3.63) is 24.3 Å². The monoisotopic (exact) mass is 292 g/mol. The summed E-state index contributed by atoms with van der Waals surface area (Å²) in [4.78, 5) is 0. The molecule has 0 radical (unpaired) electrons. The van der Waals surface area contributed by atoms with Crippen molar-refractivity contribution in [3.8, 4) is 11.4 Å². The maximum absolute atomic E-state index is 5.61. The van der Waals surface area contributed by atoms with Crippen LogP contribution in [0.1, 0.15) is 12.8 Å². The third kappa shape index (κ3) is 2.94. The van der Waals surface area contributed by atoms with Gasteiger partial charge in [-0.25, -0.2) is 0 Å². The minimum atomic E-state index is 0.320. The van der Waals surface area contributed by atoms with Crippen LogP contribution >= 0.6 is 11.8 Å². The first-order valence-corrected chi connectivity index (χ1v) is 7.52. The SMILES string of the molecule is COc1ccc(-n2nnnc2SCC2CCCO2)cc1. The van der Waals surface area contributed by atoms with Crippen LogP contribution in [-0.4, -0.2) is 45.8 Å². The second-order valence-corrected chi connectivity index (χ2v) is 5.50. The van der Waals surface area contributed by atoms with Crippen molar-refractivity contribution in [1.29, 1.82) is 0 Å². The molecule has 106 valence electrons. The van der Waals surface area contributed by atoms with Gasteiger partial charge in [-0.05, 0) is 47.5 Å². The number of ether oxygens (including phenoxy) is 2. The van der Waals surface area contributed by atoms with E-state index < -0.39 is 0 Å². The Morgan fingerprint density at radius 2 is 2.25 bits per heavy atom. The van der Waals surface area contributed by atoms with Crippen LogP contribution in [0.15, 0.2) is 29.4 Å². The molecule has 0 bridgehead atoms. The lowest BCUT2D eigenvalue weighted by molar-refractivity contribution is 0.129. The first-order chi connectivity index (χ1) is 9.86. The number of nitrogens with zero attached hydrogens (tertiary/aromatic N) is 4. The maximum Gasteiger partial charge on any atom is 0.214 e. The van der Waals surface area contributed by atoms with Crippen molar-refractivity contribution < 1.29 is 9.47 Å². The fourth-order valence-electron chi connectivity index (χ4n) is 2.10. The molecule has 0 amide bonds. The number of hydrogen-bond donors (Lipinski definition) is 0. The fraction of sp³-hybridized carbons (Fsp3) is 0.462. The summed E-state index contributed by atoms with van der Waals surface area (Å²) in [6.07, 6.45) is 2.59. The van der Waals surface area contributed by atoms with Gasteiger partial charge in [-0.15, -0.1) is 5.10 Å². The van der Waals surface area contributed by atoms with E-state index in [0.717, 1.165) is 41.8 Å². The molecule has 0 spiro atoms. The number of thioether (sulfide) groups is 1. The van der Waals surface area contributed by atoms with Crippen molar-refractivity contribution in [2.45, 2.75) is 24.1 Å². The Kier molecular flexibility index (Phi) is 4.17. The van der Waals surface area contributed by atoms with E-state index in [2.05, 4.69) is 15.5 Å². The van der Waals surface area contributed by atoms with Crippen LogP contribution in [0.3, 0.4) is 0 Å². The van der Waals surface area contributed by atoms with E-state index in [0.29, 0.717) is 6.10 Å². The minimum absolute atomic E-state index is 0.320. The summed E-state index contributed by atoms with van der Waals surface area (Å²) in [6, 6.07) is 7.66. The lowest BCUT2D eigenvalue weighted by Gasteiger charge is -2.08. The highest BCUT2D eigenvalue weighted by molar-refractivity contribution is 7.99. The summed E-state index contributed by atoms with van der Waals surface area (Å²) in [5.41, 5.74) is 0.922. The van der Waals surface area contributed by atoms with Crippen LogP contribution in [0.25, 0.3) is 5.69 Å². The van der Waals surface area contributed by atoms with Gasteiger partial charge in [0, 0.05) is 12.4 Å². The molecule has 2 heterocycles. The first kappa shape index (κ1) is 13.4. The Labute approximate surface area is 121 Å². The molecule has 1 unspecified atom stereocenters. The van der Waals surface area contributed by atoms with Crippen LogP contribution in [0.4, 0.5) is 0 Å². The van der Waals surface area contributed by atoms with Crippen molar-refractivity contribution >= 4 is 11.8 Å². The molecule has 7 heteroatoms. The third-order valence-corrected chi connectivity index (χ3v) is 4.23. The van der Waals surface area contributed by atoms with Crippen molar-refractivity contribution in [2.75, 3.05) is 19.5 Å². The molecule has 1 aromatic heterocycles. The van der Waals surface area contributed by atoms with E-state index >= 15 is 0 Å². The Morgan fingerprint density at radius 3 is 2.95 bits per heavy atom. The van der Waals surface area contributed by atoms with Gasteiger partial charge in [-0.3, -0.25) is 0 Å². The maximum atomic E-state index is 5.61. The van der Waals surface area contributed by atoms with Gasteiger partial charge in [0.15, 0.2) is 0 Å². The zero-order valence-electron chi connectivity index (χ0n) is 11.2. The second-order valence-electron chi connectivity index (χ2n) is 4.52. The van der Waals surface area contributed by atoms with Crippen LogP contribution in [0, 0.1) is 0 Å². The quantitative estimate of drug-likeness (QED) is 0.785. The van der Waals surface area contributed by atoms with E-state index in [-0.39, 0.29) is 0 Å². The molecule has 1 saturated heterocycles.